The van der Waals surface area contributed by atoms with Crippen LogP contribution in [0.5, 0.6) is 0 Å². The first-order valence-corrected chi connectivity index (χ1v) is 6.01. The van der Waals surface area contributed by atoms with Crippen molar-refractivity contribution < 1.29 is 4.74 Å². The lowest BCUT2D eigenvalue weighted by molar-refractivity contribution is 0.0210. The Balaban J connectivity index is 2.08. The van der Waals surface area contributed by atoms with Gasteiger partial charge in [0.25, 0.3) is 0 Å². The molecule has 84 valence electrons. The first-order valence-electron chi connectivity index (χ1n) is 4.93. The lowest BCUT2D eigenvalue weighted by Crippen LogP contribution is -2.40. The Hall–Kier alpha value is -0.960. The first-order chi connectivity index (χ1) is 7.75. The smallest absolute Gasteiger partial charge is 0.156 e. The molecule has 1 fully saturated rings. The highest BCUT2D eigenvalue weighted by atomic mass is 127. The third kappa shape index (κ3) is 1.54. The van der Waals surface area contributed by atoms with Crippen LogP contribution in [0.25, 0.3) is 11.0 Å². The van der Waals surface area contributed by atoms with Crippen LogP contribution in [0.3, 0.4) is 0 Å². The standard InChI is InChI=1S/C9H10IN5O/c1-15-7-6(8(10)14-15)11-4-12-9(7)13-5-2-16-3-5/h4-5H,2-3H2,1H3,(H,11,12,13). The van der Waals surface area contributed by atoms with E-state index in [0.29, 0.717) is 6.04 Å². The predicted molar refractivity (Wildman–Crippen MR) is 67.3 cm³/mol. The van der Waals surface area contributed by atoms with Crippen LogP contribution >= 0.6 is 22.6 Å². The summed E-state index contributed by atoms with van der Waals surface area (Å²) in [6.45, 7) is 1.47. The SMILES string of the molecule is Cn1nc(I)c2ncnc(NC3COC3)c21. The molecule has 2 aromatic heterocycles. The molecule has 1 saturated heterocycles. The van der Waals surface area contributed by atoms with E-state index in [-0.39, 0.29) is 0 Å². The number of anilines is 1. The Kier molecular flexibility index (Phi) is 2.43. The second-order valence-electron chi connectivity index (χ2n) is 3.71. The summed E-state index contributed by atoms with van der Waals surface area (Å²) in [7, 11) is 1.90. The molecule has 0 amide bonds. The Labute approximate surface area is 106 Å². The summed E-state index contributed by atoms with van der Waals surface area (Å²) in [5.41, 5.74) is 1.83. The number of fused-ring (bicyclic) bond motifs is 1. The van der Waals surface area contributed by atoms with Crippen molar-refractivity contribution in [2.45, 2.75) is 6.04 Å². The fourth-order valence-electron chi connectivity index (χ4n) is 1.68. The highest BCUT2D eigenvalue weighted by Crippen LogP contribution is 2.23. The zero-order valence-corrected chi connectivity index (χ0v) is 10.8. The van der Waals surface area contributed by atoms with Crippen LogP contribution in [-0.4, -0.2) is 39.0 Å². The second kappa shape index (κ2) is 3.81. The fourth-order valence-corrected chi connectivity index (χ4v) is 2.40. The first kappa shape index (κ1) is 10.2. The number of aromatic nitrogens is 4. The van der Waals surface area contributed by atoms with Gasteiger partial charge in [-0.3, -0.25) is 4.68 Å². The van der Waals surface area contributed by atoms with Gasteiger partial charge in [-0.25, -0.2) is 9.97 Å². The molecule has 3 rings (SSSR count). The summed E-state index contributed by atoms with van der Waals surface area (Å²) in [5, 5.41) is 7.67. The zero-order valence-electron chi connectivity index (χ0n) is 8.64. The van der Waals surface area contributed by atoms with E-state index in [4.69, 9.17) is 4.74 Å². The number of aryl methyl sites for hydroxylation is 1. The van der Waals surface area contributed by atoms with Gasteiger partial charge >= 0.3 is 0 Å². The summed E-state index contributed by atoms with van der Waals surface area (Å²) in [5.74, 6) is 0.830. The van der Waals surface area contributed by atoms with Crippen LogP contribution in [0.2, 0.25) is 0 Å². The Morgan fingerprint density at radius 3 is 3.00 bits per heavy atom. The quantitative estimate of drug-likeness (QED) is 0.824. The topological polar surface area (TPSA) is 64.9 Å². The molecule has 0 spiro atoms. The Bertz CT molecular complexity index is 536. The van der Waals surface area contributed by atoms with E-state index in [1.807, 2.05) is 7.05 Å². The van der Waals surface area contributed by atoms with Crippen molar-refractivity contribution in [2.75, 3.05) is 18.5 Å². The number of rotatable bonds is 2. The monoisotopic (exact) mass is 331 g/mol. The van der Waals surface area contributed by atoms with Crippen molar-refractivity contribution in [3.8, 4) is 0 Å². The highest BCUT2D eigenvalue weighted by molar-refractivity contribution is 14.1. The van der Waals surface area contributed by atoms with Crippen molar-refractivity contribution >= 4 is 39.4 Å². The van der Waals surface area contributed by atoms with Crippen molar-refractivity contribution in [1.82, 2.24) is 19.7 Å². The zero-order chi connectivity index (χ0) is 11.1. The van der Waals surface area contributed by atoms with E-state index in [2.05, 4.69) is 43.0 Å². The van der Waals surface area contributed by atoms with Gasteiger partial charge in [0.2, 0.25) is 0 Å². The summed E-state index contributed by atoms with van der Waals surface area (Å²) < 4.78 is 7.82. The molecule has 6 nitrogen and oxygen atoms in total. The molecule has 0 saturated carbocycles. The number of hydrogen-bond acceptors (Lipinski definition) is 5. The van der Waals surface area contributed by atoms with Gasteiger partial charge in [0.15, 0.2) is 5.82 Å². The van der Waals surface area contributed by atoms with Gasteiger partial charge < -0.3 is 10.1 Å². The molecule has 0 unspecified atom stereocenters. The van der Waals surface area contributed by atoms with Gasteiger partial charge in [0, 0.05) is 7.05 Å². The normalized spacial score (nSPS) is 16.4. The van der Waals surface area contributed by atoms with Gasteiger partial charge in [0.05, 0.1) is 19.3 Å². The molecular weight excluding hydrogens is 321 g/mol. The molecule has 1 aliphatic rings. The minimum Gasteiger partial charge on any atom is -0.377 e. The van der Waals surface area contributed by atoms with Crippen molar-refractivity contribution in [3.63, 3.8) is 0 Å². The number of halogens is 1. The van der Waals surface area contributed by atoms with Crippen LogP contribution < -0.4 is 5.32 Å². The number of ether oxygens (including phenoxy) is 1. The minimum atomic E-state index is 0.352. The average Bonchev–Trinajstić information content (AvgIpc) is 2.50. The molecule has 7 heteroatoms. The Morgan fingerprint density at radius 1 is 1.50 bits per heavy atom. The largest absolute Gasteiger partial charge is 0.377 e. The van der Waals surface area contributed by atoms with Gasteiger partial charge in [-0.1, -0.05) is 0 Å². The van der Waals surface area contributed by atoms with Crippen LogP contribution in [0.1, 0.15) is 0 Å². The van der Waals surface area contributed by atoms with Gasteiger partial charge in [0.1, 0.15) is 21.1 Å². The molecule has 0 aromatic carbocycles. The van der Waals surface area contributed by atoms with Crippen LogP contribution in [-0.2, 0) is 11.8 Å². The molecule has 1 aliphatic heterocycles. The van der Waals surface area contributed by atoms with Crippen molar-refractivity contribution in [3.05, 3.63) is 10.0 Å². The summed E-state index contributed by atoms with van der Waals surface area (Å²) in [6.07, 6.45) is 1.56. The van der Waals surface area contributed by atoms with E-state index in [1.165, 1.54) is 0 Å². The van der Waals surface area contributed by atoms with Gasteiger partial charge in [-0.05, 0) is 22.6 Å². The maximum atomic E-state index is 5.12. The molecule has 0 radical (unpaired) electrons. The van der Waals surface area contributed by atoms with Crippen molar-refractivity contribution in [2.24, 2.45) is 7.05 Å². The molecule has 1 N–H and O–H groups in total. The average molecular weight is 331 g/mol. The molecule has 16 heavy (non-hydrogen) atoms. The third-order valence-corrected chi connectivity index (χ3v) is 3.28. The summed E-state index contributed by atoms with van der Waals surface area (Å²) in [6, 6.07) is 0.352. The molecule has 3 heterocycles. The number of nitrogens with zero attached hydrogens (tertiary/aromatic N) is 4. The van der Waals surface area contributed by atoms with E-state index in [9.17, 15) is 0 Å². The third-order valence-electron chi connectivity index (χ3n) is 2.56. The Morgan fingerprint density at radius 2 is 2.31 bits per heavy atom. The van der Waals surface area contributed by atoms with Crippen LogP contribution in [0, 0.1) is 3.70 Å². The van der Waals surface area contributed by atoms with E-state index >= 15 is 0 Å². The summed E-state index contributed by atoms with van der Waals surface area (Å²) >= 11 is 2.18. The van der Waals surface area contributed by atoms with Crippen LogP contribution in [0.15, 0.2) is 6.33 Å². The second-order valence-corrected chi connectivity index (χ2v) is 4.73. The van der Waals surface area contributed by atoms with E-state index < -0.39 is 0 Å². The molecular formula is C9H10IN5O. The van der Waals surface area contributed by atoms with Crippen molar-refractivity contribution in [1.29, 1.82) is 0 Å². The highest BCUT2D eigenvalue weighted by Gasteiger charge is 2.21. The number of nitrogens with one attached hydrogen (secondary N) is 1. The lowest BCUT2D eigenvalue weighted by Gasteiger charge is -2.27. The lowest BCUT2D eigenvalue weighted by atomic mass is 10.2. The maximum absolute atomic E-state index is 5.12. The maximum Gasteiger partial charge on any atom is 0.156 e. The van der Waals surface area contributed by atoms with E-state index in [0.717, 1.165) is 33.8 Å². The summed E-state index contributed by atoms with van der Waals surface area (Å²) in [4.78, 5) is 8.50. The molecule has 0 aliphatic carbocycles. The number of hydrogen-bond donors (Lipinski definition) is 1. The van der Waals surface area contributed by atoms with Gasteiger partial charge in [-0.15, -0.1) is 0 Å². The fraction of sp³-hybridized carbons (Fsp3) is 0.444. The molecule has 0 bridgehead atoms. The van der Waals surface area contributed by atoms with E-state index in [1.54, 1.807) is 11.0 Å². The predicted octanol–water partition coefficient (Wildman–Crippen LogP) is 0.779. The minimum absolute atomic E-state index is 0.352. The molecule has 2 aromatic rings. The molecule has 0 atom stereocenters. The van der Waals surface area contributed by atoms with Crippen LogP contribution in [0.4, 0.5) is 5.82 Å². The van der Waals surface area contributed by atoms with Gasteiger partial charge in [-0.2, -0.15) is 5.10 Å².